The minimum Gasteiger partial charge on any atom is -0.364 e. The molecule has 17 heavy (non-hydrogen) atoms. The van der Waals surface area contributed by atoms with Crippen molar-refractivity contribution < 1.29 is 4.79 Å². The van der Waals surface area contributed by atoms with Crippen LogP contribution in [0.3, 0.4) is 0 Å². The first-order chi connectivity index (χ1) is 8.16. The second kappa shape index (κ2) is 5.14. The molecule has 0 aliphatic carbocycles. The van der Waals surface area contributed by atoms with Crippen molar-refractivity contribution in [3.05, 3.63) is 33.7 Å². The quantitative estimate of drug-likeness (QED) is 0.699. The Bertz CT molecular complexity index is 461. The van der Waals surface area contributed by atoms with Gasteiger partial charge in [-0.1, -0.05) is 0 Å². The monoisotopic (exact) mass is 235 g/mol. The zero-order valence-corrected chi connectivity index (χ0v) is 9.88. The van der Waals surface area contributed by atoms with Crippen LogP contribution in [0.1, 0.15) is 28.9 Å². The number of nitrogens with one attached hydrogen (secondary N) is 3. The maximum Gasteiger partial charge on any atom is 0.256 e. The van der Waals surface area contributed by atoms with Crippen molar-refractivity contribution >= 4 is 5.91 Å². The van der Waals surface area contributed by atoms with E-state index in [9.17, 15) is 9.59 Å². The number of rotatable bonds is 3. The molecule has 1 aromatic heterocycles. The second-order valence-corrected chi connectivity index (χ2v) is 4.40. The summed E-state index contributed by atoms with van der Waals surface area (Å²) in [5.74, 6) is -0.306. The number of amides is 1. The van der Waals surface area contributed by atoms with E-state index in [0.717, 1.165) is 25.1 Å². The molecule has 3 N–H and O–H groups in total. The van der Waals surface area contributed by atoms with E-state index in [1.807, 2.05) is 0 Å². The number of carbonyl (C=O) groups excluding carboxylic acids is 1. The van der Waals surface area contributed by atoms with Gasteiger partial charge in [0.1, 0.15) is 5.56 Å². The molecule has 0 saturated carbocycles. The van der Waals surface area contributed by atoms with Crippen LogP contribution in [-0.4, -0.2) is 30.0 Å². The van der Waals surface area contributed by atoms with Gasteiger partial charge in [-0.05, 0) is 26.3 Å². The smallest absolute Gasteiger partial charge is 0.256 e. The van der Waals surface area contributed by atoms with Crippen LogP contribution in [0.4, 0.5) is 0 Å². The van der Waals surface area contributed by atoms with Crippen molar-refractivity contribution in [1.29, 1.82) is 0 Å². The average Bonchev–Trinajstić information content (AvgIpc) is 2.78. The molecule has 0 bridgehead atoms. The van der Waals surface area contributed by atoms with Crippen molar-refractivity contribution in [3.8, 4) is 0 Å². The van der Waals surface area contributed by atoms with E-state index in [1.165, 1.54) is 12.3 Å². The van der Waals surface area contributed by atoms with Gasteiger partial charge in [0.2, 0.25) is 0 Å². The predicted octanol–water partition coefficient (Wildman–Crippen LogP) is 0.165. The molecule has 1 saturated heterocycles. The Balaban J connectivity index is 1.97. The fourth-order valence-electron chi connectivity index (χ4n) is 1.99. The van der Waals surface area contributed by atoms with Gasteiger partial charge in [-0.3, -0.25) is 9.59 Å². The van der Waals surface area contributed by atoms with Crippen LogP contribution in [0.15, 0.2) is 17.1 Å². The standard InChI is InChI=1S/C12H17N3O2/c1-8-5-11(16)10(7-14-8)12(17)15-6-9-3-2-4-13-9/h5,7,9,13H,2-4,6H2,1H3,(H,14,16)(H,15,17). The molecule has 0 spiro atoms. The maximum atomic E-state index is 11.8. The van der Waals surface area contributed by atoms with Crippen LogP contribution in [0, 0.1) is 6.92 Å². The van der Waals surface area contributed by atoms with Gasteiger partial charge >= 0.3 is 0 Å². The zero-order chi connectivity index (χ0) is 12.3. The van der Waals surface area contributed by atoms with Crippen molar-refractivity contribution in [1.82, 2.24) is 15.6 Å². The highest BCUT2D eigenvalue weighted by Crippen LogP contribution is 2.03. The lowest BCUT2D eigenvalue weighted by Crippen LogP contribution is -2.38. The first-order valence-electron chi connectivity index (χ1n) is 5.88. The minimum atomic E-state index is -0.306. The number of hydrogen-bond donors (Lipinski definition) is 3. The lowest BCUT2D eigenvalue weighted by Gasteiger charge is -2.11. The third kappa shape index (κ3) is 2.94. The van der Waals surface area contributed by atoms with Crippen LogP contribution in [0.2, 0.25) is 0 Å². The van der Waals surface area contributed by atoms with E-state index in [2.05, 4.69) is 15.6 Å². The number of H-pyrrole nitrogens is 1. The SMILES string of the molecule is Cc1cc(=O)c(C(=O)NCC2CCCN2)c[nH]1. The lowest BCUT2D eigenvalue weighted by molar-refractivity contribution is 0.0949. The van der Waals surface area contributed by atoms with E-state index in [4.69, 9.17) is 0 Å². The molecule has 2 heterocycles. The highest BCUT2D eigenvalue weighted by Gasteiger charge is 2.16. The number of pyridine rings is 1. The van der Waals surface area contributed by atoms with Gasteiger partial charge in [0, 0.05) is 30.5 Å². The van der Waals surface area contributed by atoms with Gasteiger partial charge < -0.3 is 15.6 Å². The zero-order valence-electron chi connectivity index (χ0n) is 9.88. The fourth-order valence-corrected chi connectivity index (χ4v) is 1.99. The van der Waals surface area contributed by atoms with Crippen LogP contribution >= 0.6 is 0 Å². The topological polar surface area (TPSA) is 74.0 Å². The number of aromatic nitrogens is 1. The molecule has 1 atom stereocenters. The van der Waals surface area contributed by atoms with Crippen LogP contribution in [0.25, 0.3) is 0 Å². The number of aryl methyl sites for hydroxylation is 1. The largest absolute Gasteiger partial charge is 0.364 e. The summed E-state index contributed by atoms with van der Waals surface area (Å²) >= 11 is 0. The molecule has 1 amide bonds. The molecule has 1 aliphatic rings. The molecule has 1 aromatic rings. The average molecular weight is 235 g/mol. The Morgan fingerprint density at radius 1 is 1.59 bits per heavy atom. The lowest BCUT2D eigenvalue weighted by atomic mass is 10.2. The Kier molecular flexibility index (Phi) is 3.58. The highest BCUT2D eigenvalue weighted by atomic mass is 16.2. The second-order valence-electron chi connectivity index (χ2n) is 4.40. The summed E-state index contributed by atoms with van der Waals surface area (Å²) in [7, 11) is 0. The van der Waals surface area contributed by atoms with E-state index >= 15 is 0 Å². The molecule has 1 fully saturated rings. The summed E-state index contributed by atoms with van der Waals surface area (Å²) < 4.78 is 0. The molecular weight excluding hydrogens is 218 g/mol. The van der Waals surface area contributed by atoms with E-state index < -0.39 is 0 Å². The molecular formula is C12H17N3O2. The van der Waals surface area contributed by atoms with Gasteiger partial charge in [0.15, 0.2) is 5.43 Å². The van der Waals surface area contributed by atoms with E-state index in [0.29, 0.717) is 12.6 Å². The van der Waals surface area contributed by atoms with Crippen LogP contribution in [-0.2, 0) is 0 Å². The molecule has 5 nitrogen and oxygen atoms in total. The normalized spacial score (nSPS) is 19.2. The van der Waals surface area contributed by atoms with E-state index in [-0.39, 0.29) is 16.9 Å². The Morgan fingerprint density at radius 3 is 3.06 bits per heavy atom. The van der Waals surface area contributed by atoms with Crippen molar-refractivity contribution in [2.45, 2.75) is 25.8 Å². The summed E-state index contributed by atoms with van der Waals surface area (Å²) in [5, 5.41) is 6.07. The fraction of sp³-hybridized carbons (Fsp3) is 0.500. The Morgan fingerprint density at radius 2 is 2.41 bits per heavy atom. The minimum absolute atomic E-state index is 0.175. The van der Waals surface area contributed by atoms with Gasteiger partial charge in [0.05, 0.1) is 0 Å². The van der Waals surface area contributed by atoms with Crippen LogP contribution < -0.4 is 16.1 Å². The first-order valence-corrected chi connectivity index (χ1v) is 5.88. The number of aromatic amines is 1. The van der Waals surface area contributed by atoms with Crippen molar-refractivity contribution in [2.24, 2.45) is 0 Å². The molecule has 1 unspecified atom stereocenters. The summed E-state index contributed by atoms with van der Waals surface area (Å²) in [6, 6.07) is 1.77. The first kappa shape index (κ1) is 11.9. The third-order valence-corrected chi connectivity index (χ3v) is 2.97. The predicted molar refractivity (Wildman–Crippen MR) is 65.2 cm³/mol. The van der Waals surface area contributed by atoms with Gasteiger partial charge in [-0.15, -0.1) is 0 Å². The van der Waals surface area contributed by atoms with Crippen LogP contribution in [0.5, 0.6) is 0 Å². The molecule has 2 rings (SSSR count). The number of hydrogen-bond acceptors (Lipinski definition) is 3. The third-order valence-electron chi connectivity index (χ3n) is 2.97. The summed E-state index contributed by atoms with van der Waals surface area (Å²) in [6.07, 6.45) is 3.69. The van der Waals surface area contributed by atoms with Crippen molar-refractivity contribution in [3.63, 3.8) is 0 Å². The highest BCUT2D eigenvalue weighted by molar-refractivity contribution is 5.93. The Labute approximate surface area is 99.6 Å². The van der Waals surface area contributed by atoms with Gasteiger partial charge in [-0.2, -0.15) is 0 Å². The molecule has 5 heteroatoms. The Hall–Kier alpha value is -1.62. The molecule has 0 aromatic carbocycles. The molecule has 0 radical (unpaired) electrons. The van der Waals surface area contributed by atoms with E-state index in [1.54, 1.807) is 6.92 Å². The summed E-state index contributed by atoms with van der Waals surface area (Å²) in [5.41, 5.74) is 0.690. The van der Waals surface area contributed by atoms with Gasteiger partial charge in [0.25, 0.3) is 5.91 Å². The summed E-state index contributed by atoms with van der Waals surface area (Å²) in [4.78, 5) is 26.2. The van der Waals surface area contributed by atoms with Crippen molar-refractivity contribution in [2.75, 3.05) is 13.1 Å². The summed E-state index contributed by atoms with van der Waals surface area (Å²) in [6.45, 7) is 3.36. The number of carbonyl (C=O) groups is 1. The molecule has 92 valence electrons. The molecule has 1 aliphatic heterocycles. The maximum absolute atomic E-state index is 11.8. The van der Waals surface area contributed by atoms with Gasteiger partial charge in [-0.25, -0.2) is 0 Å².